The molecule has 1 N–H and O–H groups in total. The van der Waals surface area contributed by atoms with Crippen LogP contribution in [-0.2, 0) is 13.1 Å². The summed E-state index contributed by atoms with van der Waals surface area (Å²) in [5.74, 6) is 1.10. The van der Waals surface area contributed by atoms with Gasteiger partial charge in [-0.2, -0.15) is 0 Å². The van der Waals surface area contributed by atoms with E-state index in [-0.39, 0.29) is 0 Å². The van der Waals surface area contributed by atoms with Crippen LogP contribution in [0.2, 0.25) is 0 Å². The van der Waals surface area contributed by atoms with E-state index in [0.29, 0.717) is 12.1 Å². The van der Waals surface area contributed by atoms with Crippen molar-refractivity contribution in [1.29, 1.82) is 0 Å². The van der Waals surface area contributed by atoms with Crippen molar-refractivity contribution in [3.05, 3.63) is 12.2 Å². The number of nitrogens with zero attached hydrogens (tertiary/aromatic N) is 4. The molecule has 0 saturated carbocycles. The van der Waals surface area contributed by atoms with E-state index in [4.69, 9.17) is 0 Å². The second-order valence-electron chi connectivity index (χ2n) is 4.95. The van der Waals surface area contributed by atoms with Gasteiger partial charge in [0.2, 0.25) is 0 Å². The molecule has 0 aromatic carbocycles. The third kappa shape index (κ3) is 3.04. The fraction of sp³-hybridized carbons (Fsp3) is 0.833. The van der Waals surface area contributed by atoms with E-state index in [2.05, 4.69) is 45.8 Å². The van der Waals surface area contributed by atoms with E-state index >= 15 is 0 Å². The molecule has 2 heterocycles. The van der Waals surface area contributed by atoms with Gasteiger partial charge in [-0.05, 0) is 26.8 Å². The topological polar surface area (TPSA) is 46.0 Å². The highest BCUT2D eigenvalue weighted by Gasteiger charge is 2.22. The summed E-state index contributed by atoms with van der Waals surface area (Å²) in [5.41, 5.74) is 0. The van der Waals surface area contributed by atoms with Crippen molar-refractivity contribution < 1.29 is 0 Å². The maximum absolute atomic E-state index is 4.16. The smallest absolute Gasteiger partial charge is 0.147 e. The molecule has 2 rings (SSSR count). The standard InChI is InChI=1S/C12H23N5/c1-4-13-10(2)7-11(3)16-5-6-17-9-14-15-12(17)8-16/h9-11,13H,4-8H2,1-3H3. The van der Waals surface area contributed by atoms with Crippen LogP contribution in [0.15, 0.2) is 6.33 Å². The molecule has 1 aliphatic heterocycles. The zero-order chi connectivity index (χ0) is 12.3. The Bertz CT molecular complexity index is 348. The molecule has 0 fully saturated rings. The Labute approximate surface area is 103 Å². The van der Waals surface area contributed by atoms with Gasteiger partial charge in [0.25, 0.3) is 0 Å². The van der Waals surface area contributed by atoms with Gasteiger partial charge in [0, 0.05) is 25.2 Å². The molecule has 0 bridgehead atoms. The zero-order valence-electron chi connectivity index (χ0n) is 11.1. The van der Waals surface area contributed by atoms with Crippen LogP contribution in [0.4, 0.5) is 0 Å². The molecule has 5 nitrogen and oxygen atoms in total. The molecule has 2 unspecified atom stereocenters. The third-order valence-corrected chi connectivity index (χ3v) is 3.54. The summed E-state index contributed by atoms with van der Waals surface area (Å²) in [6.07, 6.45) is 3.01. The van der Waals surface area contributed by atoms with Crippen molar-refractivity contribution in [3.63, 3.8) is 0 Å². The first-order chi connectivity index (χ1) is 8.20. The molecular weight excluding hydrogens is 214 g/mol. The van der Waals surface area contributed by atoms with Crippen LogP contribution in [-0.4, -0.2) is 44.8 Å². The Morgan fingerprint density at radius 2 is 2.24 bits per heavy atom. The Hall–Kier alpha value is -0.940. The van der Waals surface area contributed by atoms with Crippen LogP contribution in [0.5, 0.6) is 0 Å². The maximum Gasteiger partial charge on any atom is 0.147 e. The minimum atomic E-state index is 0.579. The summed E-state index contributed by atoms with van der Waals surface area (Å²) < 4.78 is 2.15. The van der Waals surface area contributed by atoms with Gasteiger partial charge in [-0.15, -0.1) is 10.2 Å². The molecule has 0 spiro atoms. The first kappa shape index (κ1) is 12.5. The highest BCUT2D eigenvalue weighted by molar-refractivity contribution is 4.91. The van der Waals surface area contributed by atoms with Crippen molar-refractivity contribution >= 4 is 0 Å². The number of hydrogen-bond acceptors (Lipinski definition) is 4. The van der Waals surface area contributed by atoms with Crippen LogP contribution in [0.25, 0.3) is 0 Å². The van der Waals surface area contributed by atoms with Crippen molar-refractivity contribution in [2.75, 3.05) is 13.1 Å². The van der Waals surface area contributed by atoms with Crippen LogP contribution in [0, 0.1) is 0 Å². The average molecular weight is 237 g/mol. The van der Waals surface area contributed by atoms with Gasteiger partial charge in [0.05, 0.1) is 6.54 Å². The van der Waals surface area contributed by atoms with E-state index in [0.717, 1.165) is 32.0 Å². The molecule has 0 radical (unpaired) electrons. The Morgan fingerprint density at radius 1 is 1.41 bits per heavy atom. The number of aromatic nitrogens is 3. The number of rotatable bonds is 5. The molecule has 5 heteroatoms. The van der Waals surface area contributed by atoms with E-state index in [1.54, 1.807) is 0 Å². The lowest BCUT2D eigenvalue weighted by Gasteiger charge is -2.33. The summed E-state index contributed by atoms with van der Waals surface area (Å²) in [7, 11) is 0. The maximum atomic E-state index is 4.16. The van der Waals surface area contributed by atoms with Gasteiger partial charge in [0.15, 0.2) is 0 Å². The molecule has 1 aromatic heterocycles. The number of fused-ring (bicyclic) bond motifs is 1. The first-order valence-corrected chi connectivity index (χ1v) is 6.54. The predicted molar refractivity (Wildman–Crippen MR) is 67.6 cm³/mol. The van der Waals surface area contributed by atoms with Crippen molar-refractivity contribution in [2.45, 2.75) is 52.4 Å². The summed E-state index contributed by atoms with van der Waals surface area (Å²) in [5, 5.41) is 11.6. The lowest BCUT2D eigenvalue weighted by Crippen LogP contribution is -2.42. The van der Waals surface area contributed by atoms with Crippen molar-refractivity contribution in [2.24, 2.45) is 0 Å². The van der Waals surface area contributed by atoms with Gasteiger partial charge in [-0.3, -0.25) is 4.90 Å². The molecule has 0 amide bonds. The highest BCUT2D eigenvalue weighted by Crippen LogP contribution is 2.15. The first-order valence-electron chi connectivity index (χ1n) is 6.54. The molecule has 1 aromatic rings. The van der Waals surface area contributed by atoms with Gasteiger partial charge >= 0.3 is 0 Å². The lowest BCUT2D eigenvalue weighted by atomic mass is 10.1. The van der Waals surface area contributed by atoms with Crippen LogP contribution >= 0.6 is 0 Å². The third-order valence-electron chi connectivity index (χ3n) is 3.54. The largest absolute Gasteiger partial charge is 0.315 e. The number of hydrogen-bond donors (Lipinski definition) is 1. The minimum absolute atomic E-state index is 0.579. The van der Waals surface area contributed by atoms with E-state index in [1.165, 1.54) is 6.42 Å². The minimum Gasteiger partial charge on any atom is -0.315 e. The molecular formula is C12H23N5. The molecule has 1 aliphatic rings. The lowest BCUT2D eigenvalue weighted by molar-refractivity contribution is 0.148. The molecule has 0 aliphatic carbocycles. The predicted octanol–water partition coefficient (Wildman–Crippen LogP) is 0.870. The summed E-state index contributed by atoms with van der Waals surface area (Å²) in [6, 6.07) is 1.17. The highest BCUT2D eigenvalue weighted by atomic mass is 15.3. The molecule has 17 heavy (non-hydrogen) atoms. The Kier molecular flexibility index (Phi) is 4.12. The monoisotopic (exact) mass is 237 g/mol. The quantitative estimate of drug-likeness (QED) is 0.825. The van der Waals surface area contributed by atoms with Gasteiger partial charge in [-0.25, -0.2) is 0 Å². The normalized spacial score (nSPS) is 19.9. The van der Waals surface area contributed by atoms with Crippen LogP contribution < -0.4 is 5.32 Å². The fourth-order valence-corrected chi connectivity index (χ4v) is 2.55. The Morgan fingerprint density at radius 3 is 3.00 bits per heavy atom. The Balaban J connectivity index is 1.87. The van der Waals surface area contributed by atoms with E-state index in [1.807, 2.05) is 6.33 Å². The second kappa shape index (κ2) is 5.60. The summed E-state index contributed by atoms with van der Waals surface area (Å²) >= 11 is 0. The van der Waals surface area contributed by atoms with Crippen molar-refractivity contribution in [1.82, 2.24) is 25.0 Å². The molecule has 0 saturated heterocycles. The van der Waals surface area contributed by atoms with E-state index < -0.39 is 0 Å². The summed E-state index contributed by atoms with van der Waals surface area (Å²) in [4.78, 5) is 2.50. The SMILES string of the molecule is CCNC(C)CC(C)N1CCn2cnnc2C1. The van der Waals surface area contributed by atoms with Gasteiger partial charge in [-0.1, -0.05) is 6.92 Å². The van der Waals surface area contributed by atoms with Crippen molar-refractivity contribution in [3.8, 4) is 0 Å². The average Bonchev–Trinajstić information content (AvgIpc) is 2.75. The molecule has 96 valence electrons. The fourth-order valence-electron chi connectivity index (χ4n) is 2.55. The van der Waals surface area contributed by atoms with Gasteiger partial charge < -0.3 is 9.88 Å². The number of nitrogens with one attached hydrogen (secondary N) is 1. The zero-order valence-corrected chi connectivity index (χ0v) is 11.1. The summed E-state index contributed by atoms with van der Waals surface area (Å²) in [6.45, 7) is 10.8. The van der Waals surface area contributed by atoms with Crippen LogP contribution in [0.1, 0.15) is 33.0 Å². The van der Waals surface area contributed by atoms with Gasteiger partial charge in [0.1, 0.15) is 12.2 Å². The molecule has 2 atom stereocenters. The van der Waals surface area contributed by atoms with Crippen LogP contribution in [0.3, 0.4) is 0 Å². The van der Waals surface area contributed by atoms with E-state index in [9.17, 15) is 0 Å². The second-order valence-corrected chi connectivity index (χ2v) is 4.95.